The number of aliphatic hydroxyl groups is 1. The van der Waals surface area contributed by atoms with Crippen LogP contribution in [0.2, 0.25) is 4.34 Å². The predicted octanol–water partition coefficient (Wildman–Crippen LogP) is 4.44. The minimum absolute atomic E-state index is 0.0191. The van der Waals surface area contributed by atoms with Gasteiger partial charge in [0.25, 0.3) is 5.91 Å². The number of hydrogen-bond acceptors (Lipinski definition) is 5. The average molecular weight is 449 g/mol. The van der Waals surface area contributed by atoms with Gasteiger partial charge in [-0.1, -0.05) is 17.7 Å². The second kappa shape index (κ2) is 9.27. The number of fused-ring (bicyclic) bond motifs is 1. The maximum absolute atomic E-state index is 12.9. The van der Waals surface area contributed by atoms with Crippen molar-refractivity contribution in [2.45, 2.75) is 45.2 Å². The number of rotatable bonds is 5. The molecule has 2 saturated heterocycles. The minimum Gasteiger partial charge on any atom is -0.491 e. The van der Waals surface area contributed by atoms with Crippen LogP contribution >= 0.6 is 22.9 Å². The molecule has 1 unspecified atom stereocenters. The Bertz CT molecular complexity index is 916. The van der Waals surface area contributed by atoms with E-state index in [0.29, 0.717) is 23.0 Å². The van der Waals surface area contributed by atoms with Gasteiger partial charge in [-0.2, -0.15) is 0 Å². The minimum atomic E-state index is 0.0191. The molecule has 1 amide bonds. The molecule has 1 aromatic heterocycles. The van der Waals surface area contributed by atoms with Gasteiger partial charge in [0, 0.05) is 31.7 Å². The zero-order valence-electron chi connectivity index (χ0n) is 17.6. The van der Waals surface area contributed by atoms with Crippen molar-refractivity contribution in [2.75, 3.05) is 32.8 Å². The van der Waals surface area contributed by atoms with E-state index in [1.165, 1.54) is 28.9 Å². The maximum atomic E-state index is 12.9. The average Bonchev–Trinajstić information content (AvgIpc) is 3.20. The molecule has 7 heteroatoms. The highest BCUT2D eigenvalue weighted by Gasteiger charge is 2.38. The summed E-state index contributed by atoms with van der Waals surface area (Å²) in [6.45, 7) is 7.01. The largest absolute Gasteiger partial charge is 0.491 e. The number of piperazine rings is 1. The van der Waals surface area contributed by atoms with Crippen LogP contribution in [-0.4, -0.2) is 59.7 Å². The first-order chi connectivity index (χ1) is 14.5. The Morgan fingerprint density at radius 3 is 2.77 bits per heavy atom. The summed E-state index contributed by atoms with van der Waals surface area (Å²) >= 11 is 7.39. The molecule has 2 atom stereocenters. The molecule has 2 fully saturated rings. The topological polar surface area (TPSA) is 53.0 Å². The molecule has 0 saturated carbocycles. The molecule has 0 spiro atoms. The second-order valence-electron chi connectivity index (χ2n) is 8.17. The van der Waals surface area contributed by atoms with Gasteiger partial charge in [-0.15, -0.1) is 11.3 Å². The summed E-state index contributed by atoms with van der Waals surface area (Å²) < 4.78 is 6.34. The molecule has 162 valence electrons. The van der Waals surface area contributed by atoms with E-state index in [1.54, 1.807) is 6.07 Å². The molecule has 2 aliphatic heterocycles. The van der Waals surface area contributed by atoms with Gasteiger partial charge in [-0.05, 0) is 68.0 Å². The summed E-state index contributed by atoms with van der Waals surface area (Å²) in [6.07, 6.45) is 3.43. The van der Waals surface area contributed by atoms with Gasteiger partial charge in [0.2, 0.25) is 0 Å². The van der Waals surface area contributed by atoms with E-state index in [1.807, 2.05) is 17.0 Å². The van der Waals surface area contributed by atoms with Gasteiger partial charge in [0.1, 0.15) is 12.4 Å². The van der Waals surface area contributed by atoms with Crippen LogP contribution in [0.15, 0.2) is 24.3 Å². The number of carbonyl (C=O) groups is 1. The predicted molar refractivity (Wildman–Crippen MR) is 121 cm³/mol. The summed E-state index contributed by atoms with van der Waals surface area (Å²) in [5.74, 6) is 0.953. The summed E-state index contributed by atoms with van der Waals surface area (Å²) in [4.78, 5) is 18.2. The highest BCUT2D eigenvalue weighted by Crippen LogP contribution is 2.39. The lowest BCUT2D eigenvalue weighted by molar-refractivity contribution is 0.0104. The number of amides is 1. The molecule has 0 bridgehead atoms. The molecule has 4 rings (SSSR count). The van der Waals surface area contributed by atoms with Crippen LogP contribution in [0.1, 0.15) is 51.7 Å². The SMILES string of the molecule is Cc1c(OCCO)ccc([C@H]2CCCC3CN(C(=O)c4ccc(Cl)s4)CCN32)c1C. The number of carbonyl (C=O) groups excluding carboxylic acids is 1. The van der Waals surface area contributed by atoms with Crippen LogP contribution in [0.3, 0.4) is 0 Å². The molecular formula is C23H29ClN2O3S. The molecule has 5 nitrogen and oxygen atoms in total. The zero-order valence-corrected chi connectivity index (χ0v) is 19.1. The Labute approximate surface area is 187 Å². The van der Waals surface area contributed by atoms with Crippen LogP contribution < -0.4 is 4.74 Å². The first-order valence-electron chi connectivity index (χ1n) is 10.6. The standard InChI is InChI=1S/C23H29ClN2O3S/c1-15-16(2)20(29-13-12-27)7-6-18(15)19-5-3-4-17-14-25(10-11-26(17)19)23(28)21-8-9-22(24)30-21/h6-9,17,19,27H,3-5,10-14H2,1-2H3/t17?,19-/m1/s1. The third-order valence-electron chi connectivity index (χ3n) is 6.50. The third-order valence-corrected chi connectivity index (χ3v) is 7.72. The van der Waals surface area contributed by atoms with Crippen LogP contribution in [0.25, 0.3) is 0 Å². The van der Waals surface area contributed by atoms with E-state index in [9.17, 15) is 4.79 Å². The number of ether oxygens (including phenoxy) is 1. The summed E-state index contributed by atoms with van der Waals surface area (Å²) in [7, 11) is 0. The van der Waals surface area contributed by atoms with Gasteiger partial charge in [-0.25, -0.2) is 0 Å². The van der Waals surface area contributed by atoms with Gasteiger partial charge in [-0.3, -0.25) is 9.69 Å². The fourth-order valence-corrected chi connectivity index (χ4v) is 5.85. The number of halogens is 1. The first kappa shape index (κ1) is 21.6. The lowest BCUT2D eigenvalue weighted by Gasteiger charge is -2.48. The second-order valence-corrected chi connectivity index (χ2v) is 9.88. The Morgan fingerprint density at radius 2 is 2.03 bits per heavy atom. The highest BCUT2D eigenvalue weighted by molar-refractivity contribution is 7.17. The van der Waals surface area contributed by atoms with Crippen molar-refractivity contribution in [2.24, 2.45) is 0 Å². The summed E-state index contributed by atoms with van der Waals surface area (Å²) in [5, 5.41) is 9.04. The van der Waals surface area contributed by atoms with E-state index in [4.69, 9.17) is 21.4 Å². The number of nitrogens with zero attached hydrogens (tertiary/aromatic N) is 2. The van der Waals surface area contributed by atoms with Crippen LogP contribution in [0, 0.1) is 13.8 Å². The van der Waals surface area contributed by atoms with Crippen molar-refractivity contribution in [1.29, 1.82) is 0 Å². The number of hydrogen-bond donors (Lipinski definition) is 1. The molecule has 3 heterocycles. The highest BCUT2D eigenvalue weighted by atomic mass is 35.5. The van der Waals surface area contributed by atoms with Gasteiger partial charge in [0.15, 0.2) is 0 Å². The lowest BCUT2D eigenvalue weighted by Crippen LogP contribution is -2.57. The number of aliphatic hydroxyl groups excluding tert-OH is 1. The normalized spacial score (nSPS) is 22.1. The Hall–Kier alpha value is -1.60. The van der Waals surface area contributed by atoms with E-state index in [0.717, 1.165) is 48.7 Å². The number of thiophene rings is 1. The summed E-state index contributed by atoms with van der Waals surface area (Å²) in [6, 6.07) is 8.62. The fraction of sp³-hybridized carbons (Fsp3) is 0.522. The fourth-order valence-electron chi connectivity index (χ4n) is 4.84. The molecule has 1 aromatic carbocycles. The van der Waals surface area contributed by atoms with Crippen molar-refractivity contribution >= 4 is 28.8 Å². The van der Waals surface area contributed by atoms with Crippen molar-refractivity contribution < 1.29 is 14.6 Å². The molecular weight excluding hydrogens is 420 g/mol. The van der Waals surface area contributed by atoms with E-state index in [2.05, 4.69) is 24.8 Å². The van der Waals surface area contributed by atoms with Crippen LogP contribution in [0.5, 0.6) is 5.75 Å². The Morgan fingerprint density at radius 1 is 1.20 bits per heavy atom. The van der Waals surface area contributed by atoms with E-state index >= 15 is 0 Å². The zero-order chi connectivity index (χ0) is 21.3. The number of piperidine rings is 1. The lowest BCUT2D eigenvalue weighted by atomic mass is 9.86. The van der Waals surface area contributed by atoms with Gasteiger partial charge < -0.3 is 14.7 Å². The first-order valence-corrected chi connectivity index (χ1v) is 11.8. The molecule has 30 heavy (non-hydrogen) atoms. The molecule has 2 aromatic rings. The van der Waals surface area contributed by atoms with Crippen molar-refractivity contribution in [1.82, 2.24) is 9.80 Å². The summed E-state index contributed by atoms with van der Waals surface area (Å²) in [5.41, 5.74) is 3.77. The third kappa shape index (κ3) is 4.24. The van der Waals surface area contributed by atoms with Crippen molar-refractivity contribution in [3.05, 3.63) is 50.2 Å². The Kier molecular flexibility index (Phi) is 6.68. The van der Waals surface area contributed by atoms with Crippen LogP contribution in [0.4, 0.5) is 0 Å². The van der Waals surface area contributed by atoms with E-state index in [-0.39, 0.29) is 12.5 Å². The molecule has 2 aliphatic rings. The quantitative estimate of drug-likeness (QED) is 0.734. The van der Waals surface area contributed by atoms with E-state index < -0.39 is 0 Å². The van der Waals surface area contributed by atoms with Crippen molar-refractivity contribution in [3.63, 3.8) is 0 Å². The van der Waals surface area contributed by atoms with Gasteiger partial charge >= 0.3 is 0 Å². The Balaban J connectivity index is 1.50. The molecule has 1 N–H and O–H groups in total. The number of benzene rings is 1. The maximum Gasteiger partial charge on any atom is 0.264 e. The monoisotopic (exact) mass is 448 g/mol. The van der Waals surface area contributed by atoms with Crippen molar-refractivity contribution in [3.8, 4) is 5.75 Å². The van der Waals surface area contributed by atoms with Crippen LogP contribution in [-0.2, 0) is 0 Å². The van der Waals surface area contributed by atoms with Gasteiger partial charge in [0.05, 0.1) is 15.8 Å². The molecule has 0 radical (unpaired) electrons. The smallest absolute Gasteiger partial charge is 0.264 e. The molecule has 0 aliphatic carbocycles.